The van der Waals surface area contributed by atoms with Crippen LogP contribution in [0.2, 0.25) is 0 Å². The molecule has 0 aliphatic heterocycles. The van der Waals surface area contributed by atoms with Crippen LogP contribution in [0.15, 0.2) is 11.6 Å². The molecule has 0 aliphatic carbocycles. The second-order valence-corrected chi connectivity index (χ2v) is 8.26. The smallest absolute Gasteiger partial charge is 0.338 e. The van der Waals surface area contributed by atoms with Crippen molar-refractivity contribution in [1.82, 2.24) is 0 Å². The maximum atomic E-state index is 11.4. The molecule has 0 unspecified atom stereocenters. The minimum Gasteiger partial charge on any atom is -0.390 e. The molecule has 146 valence electrons. The van der Waals surface area contributed by atoms with E-state index in [9.17, 15) is 9.59 Å². The summed E-state index contributed by atoms with van der Waals surface area (Å²) in [5.41, 5.74) is 0.984. The highest BCUT2D eigenvalue weighted by molar-refractivity contribution is 5.91. The Hall–Kier alpha value is -1.12. The van der Waals surface area contributed by atoms with Gasteiger partial charge in [0.05, 0.1) is 0 Å². The lowest BCUT2D eigenvalue weighted by atomic mass is 9.91. The number of allylic oxidation sites excluding steroid dienone is 1. The molecule has 0 aromatic rings. The number of ether oxygens (including phenoxy) is 1. The van der Waals surface area contributed by atoms with Crippen LogP contribution in [0.5, 0.6) is 0 Å². The van der Waals surface area contributed by atoms with E-state index < -0.39 is 11.9 Å². The van der Waals surface area contributed by atoms with Crippen LogP contribution in [-0.2, 0) is 14.3 Å². The second kappa shape index (κ2) is 14.1. The fourth-order valence-corrected chi connectivity index (χ4v) is 3.15. The fourth-order valence-electron chi connectivity index (χ4n) is 3.15. The van der Waals surface area contributed by atoms with Gasteiger partial charge in [-0.05, 0) is 37.5 Å². The van der Waals surface area contributed by atoms with Gasteiger partial charge in [-0.3, -0.25) is 4.79 Å². The summed E-state index contributed by atoms with van der Waals surface area (Å²) < 4.78 is 4.51. The summed E-state index contributed by atoms with van der Waals surface area (Å²) >= 11 is 0. The number of carbonyl (C=O) groups excluding carboxylic acids is 2. The van der Waals surface area contributed by atoms with Gasteiger partial charge in [-0.2, -0.15) is 0 Å². The first-order valence-corrected chi connectivity index (χ1v) is 10.1. The van der Waals surface area contributed by atoms with Crippen LogP contribution in [-0.4, -0.2) is 11.9 Å². The van der Waals surface area contributed by atoms with E-state index in [4.69, 9.17) is 0 Å². The molecule has 0 saturated carbocycles. The summed E-state index contributed by atoms with van der Waals surface area (Å²) in [6.45, 7) is 12.5. The van der Waals surface area contributed by atoms with E-state index in [1.807, 2.05) is 6.92 Å². The maximum Gasteiger partial charge on any atom is 0.338 e. The van der Waals surface area contributed by atoms with Gasteiger partial charge in [-0.25, -0.2) is 4.79 Å². The van der Waals surface area contributed by atoms with Gasteiger partial charge in [0, 0.05) is 13.0 Å². The highest BCUT2D eigenvalue weighted by Gasteiger charge is 2.07. The van der Waals surface area contributed by atoms with Crippen molar-refractivity contribution in [3.05, 3.63) is 11.6 Å². The van der Waals surface area contributed by atoms with E-state index in [-0.39, 0.29) is 0 Å². The average Bonchev–Trinajstić information content (AvgIpc) is 2.45. The quantitative estimate of drug-likeness (QED) is 0.217. The van der Waals surface area contributed by atoms with Crippen LogP contribution in [0.1, 0.15) is 99.3 Å². The van der Waals surface area contributed by atoms with Crippen LogP contribution in [0.3, 0.4) is 0 Å². The zero-order valence-corrected chi connectivity index (χ0v) is 17.4. The Balaban J connectivity index is 3.76. The third kappa shape index (κ3) is 16.1. The Morgan fingerprint density at radius 2 is 1.28 bits per heavy atom. The zero-order valence-electron chi connectivity index (χ0n) is 17.4. The maximum absolute atomic E-state index is 11.4. The molecular weight excluding hydrogens is 312 g/mol. The van der Waals surface area contributed by atoms with E-state index in [0.717, 1.165) is 36.2 Å². The lowest BCUT2D eigenvalue weighted by molar-refractivity contribution is -0.154. The Bertz CT molecular complexity index is 409. The Morgan fingerprint density at radius 3 is 1.76 bits per heavy atom. The van der Waals surface area contributed by atoms with Gasteiger partial charge in [-0.1, -0.05) is 78.2 Å². The van der Waals surface area contributed by atoms with Gasteiger partial charge in [0.2, 0.25) is 0 Å². The topological polar surface area (TPSA) is 43.4 Å². The molecule has 0 aromatic heterocycles. The minimum absolute atomic E-state index is 0.551. The molecule has 0 N–H and O–H groups in total. The van der Waals surface area contributed by atoms with Crippen molar-refractivity contribution < 1.29 is 14.3 Å². The first-order chi connectivity index (χ1) is 11.7. The minimum atomic E-state index is -0.555. The second-order valence-electron chi connectivity index (χ2n) is 8.26. The lowest BCUT2D eigenvalue weighted by Gasteiger charge is -2.15. The van der Waals surface area contributed by atoms with Gasteiger partial charge < -0.3 is 4.74 Å². The van der Waals surface area contributed by atoms with Crippen molar-refractivity contribution in [2.24, 2.45) is 17.8 Å². The highest BCUT2D eigenvalue weighted by Crippen LogP contribution is 2.22. The molecule has 3 heteroatoms. The lowest BCUT2D eigenvalue weighted by Crippen LogP contribution is -2.06. The van der Waals surface area contributed by atoms with Crippen LogP contribution in [0.4, 0.5) is 0 Å². The highest BCUT2D eigenvalue weighted by atomic mass is 16.6. The van der Waals surface area contributed by atoms with Gasteiger partial charge in [-0.15, -0.1) is 0 Å². The van der Waals surface area contributed by atoms with Gasteiger partial charge in [0.1, 0.15) is 0 Å². The summed E-state index contributed by atoms with van der Waals surface area (Å²) in [6, 6.07) is 0. The normalized spacial score (nSPS) is 14.4. The fraction of sp³-hybridized carbons (Fsp3) is 0.818. The average molecular weight is 353 g/mol. The van der Waals surface area contributed by atoms with Gasteiger partial charge in [0.15, 0.2) is 0 Å². The van der Waals surface area contributed by atoms with Crippen LogP contribution >= 0.6 is 0 Å². The summed E-state index contributed by atoms with van der Waals surface area (Å²) in [5.74, 6) is 1.31. The molecule has 0 amide bonds. The monoisotopic (exact) mass is 352 g/mol. The molecule has 0 saturated heterocycles. The number of esters is 2. The number of rotatable bonds is 13. The van der Waals surface area contributed by atoms with E-state index >= 15 is 0 Å². The molecule has 0 aromatic carbocycles. The van der Waals surface area contributed by atoms with Crippen LogP contribution in [0, 0.1) is 17.8 Å². The molecule has 2 atom stereocenters. The molecule has 3 nitrogen and oxygen atoms in total. The van der Waals surface area contributed by atoms with Crippen molar-refractivity contribution in [2.45, 2.75) is 99.3 Å². The molecule has 0 bridgehead atoms. The molecule has 25 heavy (non-hydrogen) atoms. The summed E-state index contributed by atoms with van der Waals surface area (Å²) in [6.07, 6.45) is 12.7. The summed E-state index contributed by atoms with van der Waals surface area (Å²) in [4.78, 5) is 22.1. The van der Waals surface area contributed by atoms with Crippen LogP contribution in [0.25, 0.3) is 0 Å². The van der Waals surface area contributed by atoms with E-state index in [0.29, 0.717) is 0 Å². The van der Waals surface area contributed by atoms with Crippen molar-refractivity contribution in [3.63, 3.8) is 0 Å². The van der Waals surface area contributed by atoms with E-state index in [1.165, 1.54) is 57.9 Å². The molecule has 0 heterocycles. The van der Waals surface area contributed by atoms with Gasteiger partial charge >= 0.3 is 11.9 Å². The first-order valence-electron chi connectivity index (χ1n) is 10.1. The summed E-state index contributed by atoms with van der Waals surface area (Å²) in [5, 5.41) is 0. The van der Waals surface area contributed by atoms with E-state index in [2.05, 4.69) is 32.4 Å². The number of hydrogen-bond donors (Lipinski definition) is 0. The van der Waals surface area contributed by atoms with Gasteiger partial charge in [0.25, 0.3) is 0 Å². The molecular formula is C22H40O3. The first kappa shape index (κ1) is 23.9. The largest absolute Gasteiger partial charge is 0.390 e. The number of hydrogen-bond acceptors (Lipinski definition) is 3. The van der Waals surface area contributed by atoms with Crippen molar-refractivity contribution in [1.29, 1.82) is 0 Å². The Labute approximate surface area is 155 Å². The molecule has 0 fully saturated rings. The van der Waals surface area contributed by atoms with Crippen molar-refractivity contribution in [2.75, 3.05) is 0 Å². The summed E-state index contributed by atoms with van der Waals surface area (Å²) in [7, 11) is 0. The zero-order chi connectivity index (χ0) is 19.2. The molecule has 0 spiro atoms. The van der Waals surface area contributed by atoms with Crippen molar-refractivity contribution in [3.8, 4) is 0 Å². The molecule has 0 aliphatic rings. The van der Waals surface area contributed by atoms with E-state index in [1.54, 1.807) is 0 Å². The SMILES string of the molecule is CC(=O)OC(=O)/C=C(\C)CCC[C@H](C)CCC[C@H](C)CCCC(C)C. The third-order valence-electron chi connectivity index (χ3n) is 4.75. The van der Waals surface area contributed by atoms with Crippen molar-refractivity contribution >= 4 is 11.9 Å². The standard InChI is InChI=1S/C22H40O3/c1-17(2)10-7-11-18(3)12-8-13-19(4)14-9-15-20(5)16-22(24)25-21(6)23/h16-19H,7-15H2,1-6H3/b20-16+/t18-,19-/m1/s1. The number of carbonyl (C=O) groups is 2. The predicted molar refractivity (Wildman–Crippen MR) is 105 cm³/mol. The third-order valence-corrected chi connectivity index (χ3v) is 4.75. The Kier molecular flexibility index (Phi) is 13.5. The predicted octanol–water partition coefficient (Wildman–Crippen LogP) is 6.46. The van der Waals surface area contributed by atoms with Crippen LogP contribution < -0.4 is 0 Å². The molecule has 0 rings (SSSR count). The molecule has 0 radical (unpaired) electrons. The Morgan fingerprint density at radius 1 is 0.800 bits per heavy atom.